The summed E-state index contributed by atoms with van der Waals surface area (Å²) in [5.41, 5.74) is 1.74. The van der Waals surface area contributed by atoms with Crippen LogP contribution < -0.4 is 9.80 Å². The first-order valence-corrected chi connectivity index (χ1v) is 9.38. The average molecular weight is 340 g/mol. The summed E-state index contributed by atoms with van der Waals surface area (Å²) in [6, 6.07) is 10.1. The van der Waals surface area contributed by atoms with Crippen LogP contribution in [-0.2, 0) is 10.2 Å². The molecule has 6 heteroatoms. The number of carbonyl (C=O) groups excluding carboxylic acids is 1. The van der Waals surface area contributed by atoms with Crippen molar-refractivity contribution in [2.75, 3.05) is 36.2 Å². The number of anilines is 2. The molecule has 0 N–H and O–H groups in total. The van der Waals surface area contributed by atoms with E-state index in [-0.39, 0.29) is 5.91 Å². The summed E-state index contributed by atoms with van der Waals surface area (Å²) in [6.45, 7) is 1.60. The first kappa shape index (κ1) is 15.4. The molecule has 124 valence electrons. The number of fused-ring (bicyclic) bond motifs is 2. The average Bonchev–Trinajstić information content (AvgIpc) is 2.85. The Morgan fingerprint density at radius 2 is 2.08 bits per heavy atom. The van der Waals surface area contributed by atoms with Crippen molar-refractivity contribution in [1.82, 2.24) is 9.97 Å². The van der Waals surface area contributed by atoms with Gasteiger partial charge in [-0.05, 0) is 36.8 Å². The van der Waals surface area contributed by atoms with Crippen LogP contribution in [0.2, 0.25) is 0 Å². The Morgan fingerprint density at radius 3 is 2.92 bits per heavy atom. The number of hydrogen-bond donors (Lipinski definition) is 0. The predicted octanol–water partition coefficient (Wildman–Crippen LogP) is 2.71. The summed E-state index contributed by atoms with van der Waals surface area (Å²) in [7, 11) is 1.88. The van der Waals surface area contributed by atoms with E-state index in [1.54, 1.807) is 6.20 Å². The summed E-state index contributed by atoms with van der Waals surface area (Å²) in [5.74, 6) is 1.11. The number of amides is 1. The Labute approximate surface area is 146 Å². The number of carbonyl (C=O) groups is 1. The Hall–Kier alpha value is -2.08. The Balaban J connectivity index is 1.73. The quantitative estimate of drug-likeness (QED) is 0.621. The summed E-state index contributed by atoms with van der Waals surface area (Å²) in [5, 5.41) is 0.766. The summed E-state index contributed by atoms with van der Waals surface area (Å²) in [4.78, 5) is 26.0. The van der Waals surface area contributed by atoms with Gasteiger partial charge in [-0.2, -0.15) is 0 Å². The maximum Gasteiger partial charge on any atom is 0.239 e. The van der Waals surface area contributed by atoms with Gasteiger partial charge in [-0.1, -0.05) is 30.0 Å². The number of aromatic nitrogens is 2. The molecule has 1 aromatic carbocycles. The van der Waals surface area contributed by atoms with Gasteiger partial charge in [-0.25, -0.2) is 9.97 Å². The van der Waals surface area contributed by atoms with Gasteiger partial charge >= 0.3 is 0 Å². The first-order valence-electron chi connectivity index (χ1n) is 8.15. The van der Waals surface area contributed by atoms with E-state index in [1.165, 1.54) is 11.8 Å². The van der Waals surface area contributed by atoms with Crippen molar-refractivity contribution in [3.05, 3.63) is 42.1 Å². The molecule has 1 aromatic heterocycles. The number of hydrogen-bond acceptors (Lipinski definition) is 5. The molecule has 1 saturated heterocycles. The smallest absolute Gasteiger partial charge is 0.239 e. The van der Waals surface area contributed by atoms with E-state index in [0.717, 1.165) is 41.6 Å². The molecule has 0 aliphatic carbocycles. The molecule has 1 amide bonds. The second-order valence-corrected chi connectivity index (χ2v) is 7.16. The van der Waals surface area contributed by atoms with E-state index < -0.39 is 5.41 Å². The van der Waals surface area contributed by atoms with Crippen LogP contribution in [0.25, 0.3) is 0 Å². The molecule has 1 atom stereocenters. The molecule has 0 unspecified atom stereocenters. The number of likely N-dealkylation sites (N-methyl/N-ethyl adjacent to an activating group) is 1. The monoisotopic (exact) mass is 340 g/mol. The van der Waals surface area contributed by atoms with Crippen LogP contribution in [0.3, 0.4) is 0 Å². The third-order valence-corrected chi connectivity index (χ3v) is 5.67. The second kappa shape index (κ2) is 5.77. The first-order chi connectivity index (χ1) is 11.7. The molecule has 1 fully saturated rings. The standard InChI is InChI=1S/C18H20N4OS/c1-21-14-7-4-3-6-13(14)18(16(21)23)9-5-11-22(12-18)15-8-10-19-17(20-15)24-2/h3-4,6-8,10H,5,9,11-12H2,1-2H3/t18-/m0/s1. The Kier molecular flexibility index (Phi) is 3.72. The third kappa shape index (κ3) is 2.20. The van der Waals surface area contributed by atoms with Gasteiger partial charge in [0.1, 0.15) is 5.82 Å². The third-order valence-electron chi connectivity index (χ3n) is 5.11. The molecule has 2 aliphatic rings. The van der Waals surface area contributed by atoms with Gasteiger partial charge in [0.15, 0.2) is 5.16 Å². The van der Waals surface area contributed by atoms with Gasteiger partial charge in [0, 0.05) is 32.0 Å². The van der Waals surface area contributed by atoms with Crippen molar-refractivity contribution in [3.8, 4) is 0 Å². The van der Waals surface area contributed by atoms with Crippen molar-refractivity contribution in [1.29, 1.82) is 0 Å². The molecule has 0 radical (unpaired) electrons. The van der Waals surface area contributed by atoms with Crippen LogP contribution in [0.1, 0.15) is 18.4 Å². The van der Waals surface area contributed by atoms with Crippen LogP contribution in [0.5, 0.6) is 0 Å². The largest absolute Gasteiger partial charge is 0.355 e. The lowest BCUT2D eigenvalue weighted by atomic mass is 9.75. The fourth-order valence-corrected chi connectivity index (χ4v) is 4.32. The van der Waals surface area contributed by atoms with E-state index in [0.29, 0.717) is 6.54 Å². The SMILES string of the molecule is CSc1nccc(N2CCC[C@@]3(C2)C(=O)N(C)c2ccccc23)n1. The number of piperidine rings is 1. The molecule has 5 nitrogen and oxygen atoms in total. The van der Waals surface area contributed by atoms with E-state index in [4.69, 9.17) is 0 Å². The highest BCUT2D eigenvalue weighted by atomic mass is 32.2. The normalized spacial score (nSPS) is 23.0. The molecular weight excluding hydrogens is 320 g/mol. The number of thioether (sulfide) groups is 1. The number of nitrogens with zero attached hydrogens (tertiary/aromatic N) is 4. The van der Waals surface area contributed by atoms with E-state index in [9.17, 15) is 4.79 Å². The zero-order valence-corrected chi connectivity index (χ0v) is 14.7. The lowest BCUT2D eigenvalue weighted by Gasteiger charge is -2.40. The van der Waals surface area contributed by atoms with Crippen LogP contribution in [0.4, 0.5) is 11.5 Å². The number of benzene rings is 1. The lowest BCUT2D eigenvalue weighted by Crippen LogP contribution is -2.51. The maximum absolute atomic E-state index is 13.1. The van der Waals surface area contributed by atoms with Crippen molar-refractivity contribution < 1.29 is 4.79 Å². The Morgan fingerprint density at radius 1 is 1.25 bits per heavy atom. The maximum atomic E-state index is 13.1. The summed E-state index contributed by atoms with van der Waals surface area (Å²) in [6.07, 6.45) is 5.64. The van der Waals surface area contributed by atoms with Crippen LogP contribution >= 0.6 is 11.8 Å². The van der Waals surface area contributed by atoms with E-state index in [2.05, 4.69) is 20.9 Å². The van der Waals surface area contributed by atoms with Crippen molar-refractivity contribution in [2.45, 2.75) is 23.4 Å². The minimum atomic E-state index is -0.450. The minimum Gasteiger partial charge on any atom is -0.355 e. The molecule has 2 aliphatic heterocycles. The van der Waals surface area contributed by atoms with Gasteiger partial charge in [0.25, 0.3) is 0 Å². The highest BCUT2D eigenvalue weighted by Gasteiger charge is 2.51. The molecule has 2 aromatic rings. The van der Waals surface area contributed by atoms with Crippen LogP contribution in [-0.4, -0.2) is 42.3 Å². The highest BCUT2D eigenvalue weighted by molar-refractivity contribution is 7.98. The number of rotatable bonds is 2. The molecule has 0 saturated carbocycles. The topological polar surface area (TPSA) is 49.3 Å². The zero-order valence-electron chi connectivity index (χ0n) is 13.9. The van der Waals surface area contributed by atoms with E-state index in [1.807, 2.05) is 42.5 Å². The predicted molar refractivity (Wildman–Crippen MR) is 96.8 cm³/mol. The van der Waals surface area contributed by atoms with Crippen LogP contribution in [0.15, 0.2) is 41.7 Å². The Bertz CT molecular complexity index is 796. The van der Waals surface area contributed by atoms with Gasteiger partial charge in [-0.3, -0.25) is 4.79 Å². The van der Waals surface area contributed by atoms with Crippen molar-refractivity contribution >= 4 is 29.2 Å². The molecule has 4 rings (SSSR count). The van der Waals surface area contributed by atoms with Crippen molar-refractivity contribution in [2.24, 2.45) is 0 Å². The van der Waals surface area contributed by atoms with Gasteiger partial charge < -0.3 is 9.80 Å². The highest BCUT2D eigenvalue weighted by Crippen LogP contribution is 2.46. The molecule has 24 heavy (non-hydrogen) atoms. The van der Waals surface area contributed by atoms with Crippen LogP contribution in [0, 0.1) is 0 Å². The lowest BCUT2D eigenvalue weighted by molar-refractivity contribution is -0.123. The minimum absolute atomic E-state index is 0.201. The summed E-state index contributed by atoms with van der Waals surface area (Å²) >= 11 is 1.54. The summed E-state index contributed by atoms with van der Waals surface area (Å²) < 4.78 is 0. The molecular formula is C18H20N4OS. The fraction of sp³-hybridized carbons (Fsp3) is 0.389. The van der Waals surface area contributed by atoms with Gasteiger partial charge in [-0.15, -0.1) is 0 Å². The van der Waals surface area contributed by atoms with Gasteiger partial charge in [0.05, 0.1) is 5.41 Å². The zero-order chi connectivity index (χ0) is 16.7. The molecule has 1 spiro atoms. The van der Waals surface area contributed by atoms with Crippen molar-refractivity contribution in [3.63, 3.8) is 0 Å². The molecule has 3 heterocycles. The number of para-hydroxylation sites is 1. The fourth-order valence-electron chi connectivity index (χ4n) is 3.97. The molecule has 0 bridgehead atoms. The van der Waals surface area contributed by atoms with Gasteiger partial charge in [0.2, 0.25) is 5.91 Å². The second-order valence-electron chi connectivity index (χ2n) is 6.39. The van der Waals surface area contributed by atoms with E-state index >= 15 is 0 Å².